The van der Waals surface area contributed by atoms with Gasteiger partial charge in [0.15, 0.2) is 11.1 Å². The summed E-state index contributed by atoms with van der Waals surface area (Å²) in [5, 5.41) is 0. The van der Waals surface area contributed by atoms with Gasteiger partial charge in [-0.15, -0.1) is 0 Å². The first-order valence-electron chi connectivity index (χ1n) is 8.23. The van der Waals surface area contributed by atoms with E-state index in [2.05, 4.69) is 9.97 Å². The molecule has 1 aromatic carbocycles. The van der Waals surface area contributed by atoms with Crippen molar-refractivity contribution >= 4 is 16.9 Å². The molecule has 0 saturated carbocycles. The predicted octanol–water partition coefficient (Wildman–Crippen LogP) is 4.14. The molecule has 0 fully saturated rings. The maximum atomic E-state index is 13.6. The van der Waals surface area contributed by atoms with Gasteiger partial charge in [-0.05, 0) is 29.3 Å². The Morgan fingerprint density at radius 3 is 2.38 bits per heavy atom. The van der Waals surface area contributed by atoms with Crippen LogP contribution in [0.5, 0.6) is 5.88 Å². The summed E-state index contributed by atoms with van der Waals surface area (Å²) in [6.45, 7) is 0. The fourth-order valence-electron chi connectivity index (χ4n) is 2.82. The molecule has 0 aliphatic carbocycles. The number of nitrogens with two attached hydrogens (primary N) is 1. The molecule has 0 amide bonds. The number of hydrogen-bond acceptors (Lipinski definition) is 5. The number of alkyl halides is 3. The Balaban J connectivity index is 2.11. The third-order valence-electron chi connectivity index (χ3n) is 4.17. The fraction of sp³-hybridized carbons (Fsp3) is 0.158. The molecule has 0 aliphatic heterocycles. The van der Waals surface area contributed by atoms with Gasteiger partial charge < -0.3 is 15.0 Å². The van der Waals surface area contributed by atoms with Gasteiger partial charge in [-0.2, -0.15) is 13.2 Å². The van der Waals surface area contributed by atoms with E-state index in [9.17, 15) is 17.4 Å². The molecule has 3 aromatic rings. The average Bonchev–Trinajstić information content (AvgIpc) is 2.67. The minimum Gasteiger partial charge on any atom is -0.481 e. The zero-order valence-electron chi connectivity index (χ0n) is 15.1. The number of pyridine rings is 2. The van der Waals surface area contributed by atoms with Gasteiger partial charge in [0.25, 0.3) is 0 Å². The van der Waals surface area contributed by atoms with Crippen LogP contribution in [0.15, 0.2) is 48.8 Å². The molecule has 1 unspecified atom stereocenters. The number of nitrogens with zero attached hydrogens (tertiary/aromatic N) is 2. The molecule has 0 radical (unpaired) electrons. The Morgan fingerprint density at radius 1 is 1.07 bits per heavy atom. The second-order valence-electron chi connectivity index (χ2n) is 6.09. The number of rotatable bonds is 5. The van der Waals surface area contributed by atoms with Crippen molar-refractivity contribution in [3.8, 4) is 28.1 Å². The average molecular weight is 423 g/mol. The monoisotopic (exact) mass is 423 g/mol. The van der Waals surface area contributed by atoms with E-state index in [0.29, 0.717) is 17.0 Å². The molecular formula is C19H16F3N3O3S. The molecule has 0 bridgehead atoms. The largest absolute Gasteiger partial charge is 0.481 e. The normalized spacial score (nSPS) is 12.6. The molecule has 0 saturated heterocycles. The first-order valence-corrected chi connectivity index (χ1v) is 9.50. The third kappa shape index (κ3) is 4.72. The molecule has 3 N–H and O–H groups in total. The van der Waals surface area contributed by atoms with E-state index < -0.39 is 28.6 Å². The lowest BCUT2D eigenvalue weighted by Crippen LogP contribution is -2.09. The molecule has 3 rings (SSSR count). The lowest BCUT2D eigenvalue weighted by molar-refractivity contribution is -0.137. The first kappa shape index (κ1) is 20.7. The molecule has 0 spiro atoms. The van der Waals surface area contributed by atoms with Crippen molar-refractivity contribution in [2.75, 3.05) is 12.8 Å². The number of methoxy groups -OCH3 is 1. The number of halogens is 3. The maximum absolute atomic E-state index is 13.6. The van der Waals surface area contributed by atoms with Crippen LogP contribution >= 0.6 is 0 Å². The highest BCUT2D eigenvalue weighted by molar-refractivity contribution is 7.78. The quantitative estimate of drug-likeness (QED) is 0.599. The highest BCUT2D eigenvalue weighted by atomic mass is 32.2. The van der Waals surface area contributed by atoms with Gasteiger partial charge in [-0.3, -0.25) is 0 Å². The number of anilines is 1. The molecule has 0 aliphatic rings. The highest BCUT2D eigenvalue weighted by Crippen LogP contribution is 2.39. The van der Waals surface area contributed by atoms with Crippen LogP contribution in [0.2, 0.25) is 0 Å². The van der Waals surface area contributed by atoms with E-state index >= 15 is 0 Å². The van der Waals surface area contributed by atoms with E-state index in [-0.39, 0.29) is 22.5 Å². The van der Waals surface area contributed by atoms with Crippen molar-refractivity contribution < 1.29 is 26.7 Å². The smallest absolute Gasteiger partial charge is 0.417 e. The second-order valence-corrected chi connectivity index (χ2v) is 7.02. The van der Waals surface area contributed by atoms with E-state index in [1.807, 2.05) is 0 Å². The van der Waals surface area contributed by atoms with Gasteiger partial charge in [-0.25, -0.2) is 14.2 Å². The zero-order chi connectivity index (χ0) is 21.2. The Kier molecular flexibility index (Phi) is 5.85. The second kappa shape index (κ2) is 8.18. The van der Waals surface area contributed by atoms with E-state index in [0.717, 1.165) is 6.07 Å². The van der Waals surface area contributed by atoms with Crippen LogP contribution in [-0.4, -0.2) is 25.8 Å². The summed E-state index contributed by atoms with van der Waals surface area (Å²) in [5.41, 5.74) is 6.18. The van der Waals surface area contributed by atoms with E-state index in [4.69, 9.17) is 15.0 Å². The van der Waals surface area contributed by atoms with Crippen molar-refractivity contribution in [1.82, 2.24) is 9.97 Å². The van der Waals surface area contributed by atoms with Crippen LogP contribution in [0.1, 0.15) is 11.1 Å². The first-order chi connectivity index (χ1) is 13.7. The predicted molar refractivity (Wildman–Crippen MR) is 103 cm³/mol. The standard InChI is InChI=1S/C19H16F3N3O3S/c1-28-17-5-3-12(8-24-17)15-7-13(9-25-18(15)23)14-4-2-11(10-29(26)27)6-16(14)19(20,21)22/h2-9H,10H2,1H3,(H2,23,25)(H,26,27). The minimum atomic E-state index is -4.66. The van der Waals surface area contributed by atoms with Crippen molar-refractivity contribution in [3.63, 3.8) is 0 Å². The van der Waals surface area contributed by atoms with Crippen molar-refractivity contribution in [1.29, 1.82) is 0 Å². The third-order valence-corrected chi connectivity index (χ3v) is 4.75. The van der Waals surface area contributed by atoms with Gasteiger partial charge in [-0.1, -0.05) is 12.1 Å². The lowest BCUT2D eigenvalue weighted by atomic mass is 9.96. The molecule has 10 heteroatoms. The van der Waals surface area contributed by atoms with Crippen molar-refractivity contribution in [3.05, 3.63) is 59.9 Å². The molecule has 152 valence electrons. The minimum absolute atomic E-state index is 0.102. The summed E-state index contributed by atoms with van der Waals surface area (Å²) < 4.78 is 65.8. The fourth-order valence-corrected chi connectivity index (χ4v) is 3.29. The molecule has 2 aromatic heterocycles. The topological polar surface area (TPSA) is 98.3 Å². The molecule has 2 heterocycles. The van der Waals surface area contributed by atoms with Gasteiger partial charge in [0, 0.05) is 35.2 Å². The summed E-state index contributed by atoms with van der Waals surface area (Å²) in [6.07, 6.45) is -1.92. The highest BCUT2D eigenvalue weighted by Gasteiger charge is 2.34. The summed E-state index contributed by atoms with van der Waals surface area (Å²) in [6, 6.07) is 8.28. The van der Waals surface area contributed by atoms with Gasteiger partial charge in [0.2, 0.25) is 5.88 Å². The summed E-state index contributed by atoms with van der Waals surface area (Å²) >= 11 is -2.25. The number of nitrogen functional groups attached to an aromatic ring is 1. The Morgan fingerprint density at radius 2 is 1.79 bits per heavy atom. The van der Waals surface area contributed by atoms with Crippen LogP contribution < -0.4 is 10.5 Å². The van der Waals surface area contributed by atoms with Crippen LogP contribution in [-0.2, 0) is 23.0 Å². The van der Waals surface area contributed by atoms with Crippen LogP contribution in [0, 0.1) is 0 Å². The van der Waals surface area contributed by atoms with Crippen LogP contribution in [0.4, 0.5) is 19.0 Å². The van der Waals surface area contributed by atoms with Gasteiger partial charge in [0.1, 0.15) is 5.82 Å². The summed E-state index contributed by atoms with van der Waals surface area (Å²) in [5.74, 6) is 0.126. The van der Waals surface area contributed by atoms with Crippen LogP contribution in [0.25, 0.3) is 22.3 Å². The van der Waals surface area contributed by atoms with Crippen LogP contribution in [0.3, 0.4) is 0 Å². The number of benzene rings is 1. The molecule has 29 heavy (non-hydrogen) atoms. The van der Waals surface area contributed by atoms with Gasteiger partial charge in [0.05, 0.1) is 18.4 Å². The summed E-state index contributed by atoms with van der Waals surface area (Å²) in [7, 11) is 1.47. The molecule has 1 atom stereocenters. The Bertz CT molecular complexity index is 1060. The van der Waals surface area contributed by atoms with E-state index in [1.165, 1.54) is 37.7 Å². The maximum Gasteiger partial charge on any atom is 0.417 e. The van der Waals surface area contributed by atoms with Gasteiger partial charge >= 0.3 is 6.18 Å². The Labute approximate surface area is 166 Å². The number of aromatic nitrogens is 2. The molecule has 6 nitrogen and oxygen atoms in total. The SMILES string of the molecule is COc1ccc(-c2cc(-c3ccc(CS(=O)O)cc3C(F)(F)F)cnc2N)cn1. The Hall–Kier alpha value is -2.98. The summed E-state index contributed by atoms with van der Waals surface area (Å²) in [4.78, 5) is 8.11. The lowest BCUT2D eigenvalue weighted by Gasteiger charge is -2.16. The van der Waals surface area contributed by atoms with Crippen molar-refractivity contribution in [2.45, 2.75) is 11.9 Å². The number of hydrogen-bond donors (Lipinski definition) is 2. The molecular weight excluding hydrogens is 407 g/mol. The number of ether oxygens (including phenoxy) is 1. The zero-order valence-corrected chi connectivity index (χ0v) is 15.9. The van der Waals surface area contributed by atoms with Crippen molar-refractivity contribution in [2.24, 2.45) is 0 Å². The van der Waals surface area contributed by atoms with E-state index in [1.54, 1.807) is 12.1 Å².